The van der Waals surface area contributed by atoms with Crippen LogP contribution in [0.25, 0.3) is 0 Å². The number of ether oxygens (including phenoxy) is 2. The van der Waals surface area contributed by atoms with E-state index in [2.05, 4.69) is 31.4 Å². The molecule has 0 fully saturated rings. The Labute approximate surface area is 220 Å². The highest BCUT2D eigenvalue weighted by Crippen LogP contribution is 2.38. The fraction of sp³-hybridized carbons (Fsp3) is 0.417. The van der Waals surface area contributed by atoms with Gasteiger partial charge in [-0.3, -0.25) is 4.79 Å². The molecule has 1 N–H and O–H groups in total. The second-order valence-corrected chi connectivity index (χ2v) is 11.0. The van der Waals surface area contributed by atoms with Crippen molar-refractivity contribution in [1.29, 1.82) is 0 Å². The molecular formula is C24H27BrN4O4S2. The Morgan fingerprint density at radius 2 is 1.94 bits per heavy atom. The molecule has 1 aliphatic carbocycles. The van der Waals surface area contributed by atoms with Gasteiger partial charge in [0.15, 0.2) is 11.0 Å². The quantitative estimate of drug-likeness (QED) is 0.206. The first-order valence-corrected chi connectivity index (χ1v) is 14.1. The molecule has 4 rings (SSSR count). The second-order valence-electron chi connectivity index (χ2n) is 8.03. The van der Waals surface area contributed by atoms with Crippen molar-refractivity contribution in [1.82, 2.24) is 14.8 Å². The van der Waals surface area contributed by atoms with Crippen LogP contribution < -0.4 is 10.1 Å². The van der Waals surface area contributed by atoms with Gasteiger partial charge in [0.2, 0.25) is 5.91 Å². The monoisotopic (exact) mass is 578 g/mol. The van der Waals surface area contributed by atoms with Crippen molar-refractivity contribution < 1.29 is 19.1 Å². The van der Waals surface area contributed by atoms with E-state index in [0.29, 0.717) is 28.2 Å². The van der Waals surface area contributed by atoms with Crippen LogP contribution in [-0.2, 0) is 36.0 Å². The molecule has 0 radical (unpaired) electrons. The lowest BCUT2D eigenvalue weighted by Crippen LogP contribution is -2.17. The van der Waals surface area contributed by atoms with Gasteiger partial charge in [0.05, 0.1) is 17.9 Å². The predicted octanol–water partition coefficient (Wildman–Crippen LogP) is 5.39. The molecule has 0 aliphatic heterocycles. The van der Waals surface area contributed by atoms with Crippen molar-refractivity contribution in [3.05, 3.63) is 50.6 Å². The Morgan fingerprint density at radius 3 is 2.71 bits per heavy atom. The molecule has 186 valence electrons. The van der Waals surface area contributed by atoms with Gasteiger partial charge in [-0.25, -0.2) is 4.79 Å². The molecule has 0 saturated heterocycles. The minimum atomic E-state index is -0.362. The topological polar surface area (TPSA) is 95.3 Å². The van der Waals surface area contributed by atoms with E-state index in [0.717, 1.165) is 47.9 Å². The number of rotatable bonds is 9. The predicted molar refractivity (Wildman–Crippen MR) is 140 cm³/mol. The minimum absolute atomic E-state index is 0.143. The third-order valence-corrected chi connectivity index (χ3v) is 8.35. The number of nitrogens with one attached hydrogen (secondary N) is 1. The Bertz CT molecular complexity index is 1190. The van der Waals surface area contributed by atoms with Gasteiger partial charge in [-0.05, 0) is 62.4 Å². The van der Waals surface area contributed by atoms with Crippen LogP contribution >= 0.6 is 39.0 Å². The molecule has 0 unspecified atom stereocenters. The van der Waals surface area contributed by atoms with Crippen molar-refractivity contribution >= 4 is 55.9 Å². The number of anilines is 1. The average molecular weight is 580 g/mol. The largest absolute Gasteiger partial charge is 0.486 e. The zero-order valence-corrected chi connectivity index (χ0v) is 22.9. The number of benzene rings is 1. The number of hydrogen-bond acceptors (Lipinski definition) is 8. The van der Waals surface area contributed by atoms with Crippen molar-refractivity contribution in [2.24, 2.45) is 7.05 Å². The lowest BCUT2D eigenvalue weighted by atomic mass is 10.1. The van der Waals surface area contributed by atoms with Crippen LogP contribution in [0, 0.1) is 0 Å². The highest BCUT2D eigenvalue weighted by molar-refractivity contribution is 9.10. The molecule has 0 bridgehead atoms. The van der Waals surface area contributed by atoms with E-state index in [-0.39, 0.29) is 24.2 Å². The molecule has 8 nitrogen and oxygen atoms in total. The molecule has 1 amide bonds. The van der Waals surface area contributed by atoms with E-state index in [1.54, 1.807) is 6.92 Å². The number of hydrogen-bond donors (Lipinski definition) is 1. The van der Waals surface area contributed by atoms with Gasteiger partial charge in [-0.1, -0.05) is 34.1 Å². The number of nitrogens with zero attached hydrogens (tertiary/aromatic N) is 3. The lowest BCUT2D eigenvalue weighted by Gasteiger charge is -2.09. The Hall–Kier alpha value is -2.37. The summed E-state index contributed by atoms with van der Waals surface area (Å²) in [5, 5.41) is 12.5. The van der Waals surface area contributed by atoms with Gasteiger partial charge in [0.1, 0.15) is 17.4 Å². The van der Waals surface area contributed by atoms with Gasteiger partial charge in [0.25, 0.3) is 0 Å². The highest BCUT2D eigenvalue weighted by atomic mass is 79.9. The van der Waals surface area contributed by atoms with Crippen LogP contribution in [0.3, 0.4) is 0 Å². The summed E-state index contributed by atoms with van der Waals surface area (Å²) in [6.07, 6.45) is 5.06. The maximum absolute atomic E-state index is 12.8. The van der Waals surface area contributed by atoms with Crippen LogP contribution in [0.1, 0.15) is 52.8 Å². The van der Waals surface area contributed by atoms with Crippen molar-refractivity contribution in [3.63, 3.8) is 0 Å². The van der Waals surface area contributed by atoms with E-state index in [1.165, 1.54) is 28.0 Å². The van der Waals surface area contributed by atoms with E-state index >= 15 is 0 Å². The fourth-order valence-corrected chi connectivity index (χ4v) is 6.11. The van der Waals surface area contributed by atoms with Crippen molar-refractivity contribution in [2.45, 2.75) is 50.8 Å². The molecule has 0 saturated carbocycles. The third kappa shape index (κ3) is 6.45. The van der Waals surface area contributed by atoms with Gasteiger partial charge in [0, 0.05) is 16.4 Å². The van der Waals surface area contributed by atoms with Crippen LogP contribution in [0.4, 0.5) is 5.00 Å². The van der Waals surface area contributed by atoms with Crippen molar-refractivity contribution in [3.8, 4) is 5.75 Å². The second kappa shape index (κ2) is 12.0. The summed E-state index contributed by atoms with van der Waals surface area (Å²) in [4.78, 5) is 26.7. The molecule has 0 atom stereocenters. The van der Waals surface area contributed by atoms with Gasteiger partial charge in [-0.2, -0.15) is 0 Å². The first-order valence-electron chi connectivity index (χ1n) is 11.5. The lowest BCUT2D eigenvalue weighted by molar-refractivity contribution is -0.113. The molecule has 1 aromatic carbocycles. The standard InChI is InChI=1S/C24H27BrN4O4S2/c1-3-32-23(31)21-17-7-5-4-6-8-18(17)35-22(21)26-20(30)14-34-24-28-27-19(29(24)2)13-33-16-11-9-15(25)10-12-16/h9-12H,3-8,13-14H2,1-2H3,(H,26,30). The summed E-state index contributed by atoms with van der Waals surface area (Å²) in [6.45, 7) is 2.35. The first kappa shape index (κ1) is 25.7. The van der Waals surface area contributed by atoms with Gasteiger partial charge in [-0.15, -0.1) is 21.5 Å². The SMILES string of the molecule is CCOC(=O)c1c(NC(=O)CSc2nnc(COc3ccc(Br)cc3)n2C)sc2c1CCCCC2. The Morgan fingerprint density at radius 1 is 1.17 bits per heavy atom. The fourth-order valence-electron chi connectivity index (χ4n) is 3.82. The summed E-state index contributed by atoms with van der Waals surface area (Å²) < 4.78 is 13.9. The van der Waals surface area contributed by atoms with E-state index < -0.39 is 0 Å². The summed E-state index contributed by atoms with van der Waals surface area (Å²) in [6, 6.07) is 7.56. The van der Waals surface area contributed by atoms with Crippen LogP contribution in [0.15, 0.2) is 33.9 Å². The zero-order valence-electron chi connectivity index (χ0n) is 19.6. The van der Waals surface area contributed by atoms with Crippen molar-refractivity contribution in [2.75, 3.05) is 17.7 Å². The zero-order chi connectivity index (χ0) is 24.8. The maximum Gasteiger partial charge on any atom is 0.341 e. The van der Waals surface area contributed by atoms with Gasteiger partial charge < -0.3 is 19.4 Å². The number of amides is 1. The summed E-state index contributed by atoms with van der Waals surface area (Å²) in [5.74, 6) is 0.967. The summed E-state index contributed by atoms with van der Waals surface area (Å²) in [5.41, 5.74) is 1.57. The highest BCUT2D eigenvalue weighted by Gasteiger charge is 2.26. The minimum Gasteiger partial charge on any atom is -0.486 e. The van der Waals surface area contributed by atoms with E-state index in [9.17, 15) is 9.59 Å². The number of aryl methyl sites for hydroxylation is 1. The van der Waals surface area contributed by atoms with Crippen LogP contribution in [0.5, 0.6) is 5.75 Å². The Balaban J connectivity index is 1.38. The number of aromatic nitrogens is 3. The van der Waals surface area contributed by atoms with Gasteiger partial charge >= 0.3 is 5.97 Å². The number of carbonyl (C=O) groups excluding carboxylic acids is 2. The number of thiophene rings is 1. The molecule has 2 heterocycles. The molecule has 0 spiro atoms. The third-order valence-electron chi connectivity index (χ3n) is 5.59. The molecular weight excluding hydrogens is 552 g/mol. The average Bonchev–Trinajstić information content (AvgIpc) is 3.27. The summed E-state index contributed by atoms with van der Waals surface area (Å²) in [7, 11) is 1.84. The molecule has 2 aromatic heterocycles. The maximum atomic E-state index is 12.8. The normalized spacial score (nSPS) is 13.1. The Kier molecular flexibility index (Phi) is 8.85. The van der Waals surface area contributed by atoms with E-state index in [1.807, 2.05) is 35.9 Å². The molecule has 35 heavy (non-hydrogen) atoms. The molecule has 11 heteroatoms. The smallest absolute Gasteiger partial charge is 0.341 e. The molecule has 1 aliphatic rings. The summed E-state index contributed by atoms with van der Waals surface area (Å²) >= 11 is 6.18. The first-order chi connectivity index (χ1) is 17.0. The number of carbonyl (C=O) groups is 2. The molecule has 3 aromatic rings. The number of esters is 1. The number of thioether (sulfide) groups is 1. The number of fused-ring (bicyclic) bond motifs is 1. The van der Waals surface area contributed by atoms with Crippen LogP contribution in [-0.4, -0.2) is 39.0 Å². The van der Waals surface area contributed by atoms with E-state index in [4.69, 9.17) is 9.47 Å². The van der Waals surface area contributed by atoms with Crippen LogP contribution in [0.2, 0.25) is 0 Å². The number of halogens is 1.